The molecule has 40 heavy (non-hydrogen) atoms. The number of rotatable bonds is 2. The lowest BCUT2D eigenvalue weighted by molar-refractivity contribution is 0.985. The van der Waals surface area contributed by atoms with Crippen molar-refractivity contribution < 1.29 is 0 Å². The van der Waals surface area contributed by atoms with E-state index in [4.69, 9.17) is 39.9 Å². The first-order valence-electron chi connectivity index (χ1n) is 12.7. The Kier molecular flexibility index (Phi) is 5.33. The first kappa shape index (κ1) is 23.6. The van der Waals surface area contributed by atoms with E-state index in [1.807, 2.05) is 88.4 Å². The molecular formula is C28H24N12. The van der Waals surface area contributed by atoms with Crippen molar-refractivity contribution in [1.82, 2.24) is 10.9 Å². The van der Waals surface area contributed by atoms with Gasteiger partial charge in [0, 0.05) is 22.3 Å². The molecule has 2 aromatic rings. The largest absolute Gasteiger partial charge is 0.258 e. The number of nitrogens with zero attached hydrogens (tertiary/aromatic N) is 10. The van der Waals surface area contributed by atoms with Crippen molar-refractivity contribution in [3.05, 3.63) is 83.0 Å². The summed E-state index contributed by atoms with van der Waals surface area (Å²) in [7, 11) is 0. The summed E-state index contributed by atoms with van der Waals surface area (Å²) in [6.45, 7) is 7.86. The molecule has 5 aliphatic rings. The molecule has 0 saturated carbocycles. The summed E-state index contributed by atoms with van der Waals surface area (Å²) in [5.74, 6) is 3.56. The number of fused-ring (bicyclic) bond motifs is 4. The lowest BCUT2D eigenvalue weighted by Gasteiger charge is -2.18. The summed E-state index contributed by atoms with van der Waals surface area (Å²) >= 11 is 0. The lowest BCUT2D eigenvalue weighted by Crippen LogP contribution is -2.39. The zero-order chi connectivity index (χ0) is 27.4. The standard InChI is InChI=1S/C28H24N12/c1-15-17(3)23-29-21(15)31-25-35-28(40(37-25)20-13-9-6-10-14-20)34-24-18(4)16(2)22(30-24)32-26-36-27(33-23)39(38-26)19-11-7-5-8-12-19/h5-14H,1-4H3,(H2,29,30,31,32,33,34,35,36,37,38). The number of para-hydroxylation sites is 2. The fraction of sp³-hybridized carbons (Fsp3) is 0.143. The molecule has 0 fully saturated rings. The summed E-state index contributed by atoms with van der Waals surface area (Å²) in [5, 5.41) is 3.55. The lowest BCUT2D eigenvalue weighted by atomic mass is 10.2. The number of hydrogen-bond acceptors (Lipinski definition) is 12. The molecule has 2 aromatic carbocycles. The van der Waals surface area contributed by atoms with Gasteiger partial charge in [0.15, 0.2) is 23.3 Å². The van der Waals surface area contributed by atoms with E-state index in [9.17, 15) is 0 Å². The van der Waals surface area contributed by atoms with Gasteiger partial charge >= 0.3 is 0 Å². The maximum atomic E-state index is 4.83. The average molecular weight is 529 g/mol. The summed E-state index contributed by atoms with van der Waals surface area (Å²) in [4.78, 5) is 38.0. The van der Waals surface area contributed by atoms with Crippen LogP contribution in [0.5, 0.6) is 0 Å². The number of hydrogen-bond donors (Lipinski definition) is 2. The zero-order valence-electron chi connectivity index (χ0n) is 22.2. The van der Waals surface area contributed by atoms with Gasteiger partial charge in [0.25, 0.3) is 11.9 Å². The maximum Gasteiger partial charge on any atom is 0.254 e. The molecular weight excluding hydrogens is 504 g/mol. The van der Waals surface area contributed by atoms with E-state index in [2.05, 4.69) is 10.9 Å². The Bertz CT molecular complexity index is 1630. The van der Waals surface area contributed by atoms with Crippen LogP contribution in [-0.4, -0.2) is 47.2 Å². The molecule has 0 spiro atoms. The highest BCUT2D eigenvalue weighted by molar-refractivity contribution is 6.29. The van der Waals surface area contributed by atoms with Crippen molar-refractivity contribution in [2.75, 3.05) is 10.0 Å². The second kappa shape index (κ2) is 9.05. The van der Waals surface area contributed by atoms with Crippen molar-refractivity contribution >= 4 is 58.6 Å². The van der Waals surface area contributed by atoms with Gasteiger partial charge in [-0.2, -0.15) is 30.0 Å². The number of nitrogens with one attached hydrogen (secondary N) is 2. The predicted octanol–water partition coefficient (Wildman–Crippen LogP) is 3.77. The minimum absolute atomic E-state index is 0.356. The van der Waals surface area contributed by atoms with Gasteiger partial charge in [-0.15, -0.1) is 0 Å². The van der Waals surface area contributed by atoms with Gasteiger partial charge in [0.2, 0.25) is 11.9 Å². The first-order chi connectivity index (χ1) is 19.4. The molecule has 5 heterocycles. The minimum Gasteiger partial charge on any atom is -0.258 e. The van der Waals surface area contributed by atoms with Crippen LogP contribution in [0.4, 0.5) is 11.4 Å². The number of amidine groups is 4. The van der Waals surface area contributed by atoms with E-state index in [1.165, 1.54) is 0 Å². The highest BCUT2D eigenvalue weighted by Gasteiger charge is 2.30. The number of guanidine groups is 4. The Hall–Kier alpha value is -5.52. The maximum absolute atomic E-state index is 4.83. The second-order valence-corrected chi connectivity index (χ2v) is 9.50. The van der Waals surface area contributed by atoms with Crippen LogP contribution in [0.1, 0.15) is 27.7 Å². The Balaban J connectivity index is 1.41. The molecule has 196 valence electrons. The number of aliphatic imine (C=N–C) groups is 8. The van der Waals surface area contributed by atoms with Crippen LogP contribution < -0.4 is 20.9 Å². The van der Waals surface area contributed by atoms with Crippen molar-refractivity contribution in [2.45, 2.75) is 27.7 Å². The fourth-order valence-corrected chi connectivity index (χ4v) is 4.44. The molecule has 0 radical (unpaired) electrons. The third-order valence-electron chi connectivity index (χ3n) is 6.99. The van der Waals surface area contributed by atoms with Gasteiger partial charge in [-0.05, 0) is 52.0 Å². The molecule has 0 aromatic heterocycles. The molecule has 0 atom stereocenters. The average Bonchev–Trinajstić information content (AvgIpc) is 3.70. The van der Waals surface area contributed by atoms with Crippen LogP contribution in [0, 0.1) is 0 Å². The van der Waals surface area contributed by atoms with Crippen molar-refractivity contribution in [1.29, 1.82) is 0 Å². The van der Waals surface area contributed by atoms with Crippen molar-refractivity contribution in [3.63, 3.8) is 0 Å². The molecule has 5 aliphatic heterocycles. The first-order valence-corrected chi connectivity index (χ1v) is 12.7. The van der Waals surface area contributed by atoms with Gasteiger partial charge in [0.1, 0.15) is 0 Å². The van der Waals surface area contributed by atoms with Crippen molar-refractivity contribution in [3.8, 4) is 0 Å². The Morgan fingerprint density at radius 1 is 0.425 bits per heavy atom. The van der Waals surface area contributed by atoms with E-state index in [-0.39, 0.29) is 0 Å². The third kappa shape index (κ3) is 3.93. The molecule has 0 amide bonds. The van der Waals surface area contributed by atoms with Crippen LogP contribution in [0.3, 0.4) is 0 Å². The van der Waals surface area contributed by atoms with E-state index in [0.29, 0.717) is 47.2 Å². The van der Waals surface area contributed by atoms with Gasteiger partial charge in [-0.25, -0.2) is 20.0 Å². The van der Waals surface area contributed by atoms with Crippen molar-refractivity contribution in [2.24, 2.45) is 39.9 Å². The normalized spacial score (nSPS) is 19.8. The van der Waals surface area contributed by atoms with Crippen LogP contribution >= 0.6 is 0 Å². The molecule has 0 aliphatic carbocycles. The number of hydrazine groups is 2. The van der Waals surface area contributed by atoms with E-state index < -0.39 is 0 Å². The zero-order valence-corrected chi connectivity index (χ0v) is 22.2. The summed E-state index contributed by atoms with van der Waals surface area (Å²) in [5.41, 5.74) is 11.8. The topological polar surface area (TPSA) is 129 Å². The Labute approximate surface area is 230 Å². The minimum atomic E-state index is 0.356. The van der Waals surface area contributed by atoms with Gasteiger partial charge in [0.05, 0.1) is 11.4 Å². The molecule has 8 bridgehead atoms. The molecule has 2 N–H and O–H groups in total. The molecule has 12 heteroatoms. The Morgan fingerprint density at radius 2 is 0.775 bits per heavy atom. The second-order valence-electron chi connectivity index (χ2n) is 9.50. The van der Waals surface area contributed by atoms with Crippen LogP contribution in [-0.2, 0) is 0 Å². The fourth-order valence-electron chi connectivity index (χ4n) is 4.44. The molecule has 12 nitrogen and oxygen atoms in total. The number of anilines is 2. The number of benzene rings is 2. The predicted molar refractivity (Wildman–Crippen MR) is 160 cm³/mol. The molecule has 7 rings (SSSR count). The van der Waals surface area contributed by atoms with Crippen LogP contribution in [0.2, 0.25) is 0 Å². The van der Waals surface area contributed by atoms with Crippen LogP contribution in [0.15, 0.2) is 123 Å². The van der Waals surface area contributed by atoms with E-state index in [0.717, 1.165) is 33.7 Å². The SMILES string of the molecule is CC1=C(C)C2=NC3=NC(=NC4=NC(=NC5=NC(=NC1=N2)NN5c1ccccc1)C(C)=C4C)NN3c1ccccc1. The van der Waals surface area contributed by atoms with Gasteiger partial charge < -0.3 is 0 Å². The Morgan fingerprint density at radius 3 is 1.15 bits per heavy atom. The third-order valence-corrected chi connectivity index (χ3v) is 6.99. The summed E-state index contributed by atoms with van der Waals surface area (Å²) < 4.78 is 0. The molecule has 0 saturated heterocycles. The highest BCUT2D eigenvalue weighted by atomic mass is 15.6. The smallest absolute Gasteiger partial charge is 0.254 e. The van der Waals surface area contributed by atoms with Gasteiger partial charge in [-0.1, -0.05) is 36.4 Å². The quantitative estimate of drug-likeness (QED) is 0.615. The van der Waals surface area contributed by atoms with E-state index >= 15 is 0 Å². The molecule has 0 unspecified atom stereocenters. The summed E-state index contributed by atoms with van der Waals surface area (Å²) in [6, 6.07) is 19.6. The highest BCUT2D eigenvalue weighted by Crippen LogP contribution is 2.25. The van der Waals surface area contributed by atoms with E-state index in [1.54, 1.807) is 10.0 Å². The van der Waals surface area contributed by atoms with Crippen LogP contribution in [0.25, 0.3) is 0 Å². The monoisotopic (exact) mass is 528 g/mol. The summed E-state index contributed by atoms with van der Waals surface area (Å²) in [6.07, 6.45) is 0. The van der Waals surface area contributed by atoms with Gasteiger partial charge in [-0.3, -0.25) is 10.9 Å².